The Morgan fingerprint density at radius 3 is 2.54 bits per heavy atom. The molecule has 5 heteroatoms. The fourth-order valence-electron chi connectivity index (χ4n) is 0.924. The summed E-state index contributed by atoms with van der Waals surface area (Å²) in [6.45, 7) is 0. The van der Waals surface area contributed by atoms with Gasteiger partial charge in [-0.25, -0.2) is 13.6 Å². The Hall–Kier alpha value is -0.970. The minimum atomic E-state index is -1.27. The maximum atomic E-state index is 13.0. The normalized spacial score (nSPS) is 10.1. The van der Waals surface area contributed by atoms with Gasteiger partial charge >= 0.3 is 5.97 Å². The second-order valence-electron chi connectivity index (χ2n) is 2.33. The lowest BCUT2D eigenvalue weighted by Crippen LogP contribution is -2.05. The summed E-state index contributed by atoms with van der Waals surface area (Å²) in [4.78, 5) is 10.5. The first-order valence-corrected chi connectivity index (χ1v) is 4.46. The van der Waals surface area contributed by atoms with E-state index in [9.17, 15) is 13.6 Å². The van der Waals surface area contributed by atoms with Gasteiger partial charge in [0.2, 0.25) is 0 Å². The molecule has 0 aliphatic heterocycles. The molecule has 0 heterocycles. The number of carboxylic acids is 1. The van der Waals surface area contributed by atoms with E-state index in [2.05, 4.69) is 15.9 Å². The van der Waals surface area contributed by atoms with Gasteiger partial charge in [0.25, 0.3) is 0 Å². The lowest BCUT2D eigenvalue weighted by atomic mass is 10.1. The average Bonchev–Trinajstić information content (AvgIpc) is 2.09. The molecule has 0 aliphatic carbocycles. The molecule has 0 fully saturated rings. The van der Waals surface area contributed by atoms with E-state index in [4.69, 9.17) is 5.11 Å². The second kappa shape index (κ2) is 3.83. The fourth-order valence-corrected chi connectivity index (χ4v) is 1.47. The Labute approximate surface area is 81.3 Å². The highest BCUT2D eigenvalue weighted by molar-refractivity contribution is 9.08. The van der Waals surface area contributed by atoms with E-state index in [1.54, 1.807) is 0 Å². The molecule has 0 spiro atoms. The zero-order valence-electron chi connectivity index (χ0n) is 6.35. The largest absolute Gasteiger partial charge is 0.478 e. The summed E-state index contributed by atoms with van der Waals surface area (Å²) in [5, 5.41) is 8.57. The van der Waals surface area contributed by atoms with E-state index in [0.29, 0.717) is 0 Å². The molecule has 0 saturated heterocycles. The zero-order chi connectivity index (χ0) is 10.0. The quantitative estimate of drug-likeness (QED) is 0.820. The smallest absolute Gasteiger partial charge is 0.336 e. The molecule has 0 saturated carbocycles. The Balaban J connectivity index is 3.38. The number of alkyl halides is 1. The molecule has 13 heavy (non-hydrogen) atoms. The van der Waals surface area contributed by atoms with Crippen molar-refractivity contribution in [2.75, 3.05) is 0 Å². The van der Waals surface area contributed by atoms with Crippen LogP contribution in [0.5, 0.6) is 0 Å². The highest BCUT2D eigenvalue weighted by Gasteiger charge is 2.16. The fraction of sp³-hybridized carbons (Fsp3) is 0.125. The molecule has 1 N–H and O–H groups in total. The molecule has 0 bridgehead atoms. The van der Waals surface area contributed by atoms with Gasteiger partial charge in [0, 0.05) is 10.9 Å². The number of carbonyl (C=O) groups is 1. The summed E-state index contributed by atoms with van der Waals surface area (Å²) in [5.41, 5.74) is -0.400. The van der Waals surface area contributed by atoms with Crippen LogP contribution >= 0.6 is 15.9 Å². The summed E-state index contributed by atoms with van der Waals surface area (Å²) >= 11 is 2.89. The molecule has 0 atom stereocenters. The van der Waals surface area contributed by atoms with Gasteiger partial charge in [0.1, 0.15) is 0 Å². The monoisotopic (exact) mass is 250 g/mol. The number of halogens is 3. The van der Waals surface area contributed by atoms with Crippen molar-refractivity contribution in [3.05, 3.63) is 34.9 Å². The minimum absolute atomic E-state index is 0.0295. The summed E-state index contributed by atoms with van der Waals surface area (Å²) in [5.74, 6) is -3.43. The van der Waals surface area contributed by atoms with Crippen LogP contribution < -0.4 is 0 Å². The van der Waals surface area contributed by atoms with Gasteiger partial charge in [-0.05, 0) is 12.1 Å². The molecule has 0 amide bonds. The Morgan fingerprint density at radius 1 is 1.46 bits per heavy atom. The van der Waals surface area contributed by atoms with Crippen LogP contribution in [0.3, 0.4) is 0 Å². The highest BCUT2D eigenvalue weighted by Crippen LogP contribution is 2.19. The van der Waals surface area contributed by atoms with Crippen molar-refractivity contribution in [1.82, 2.24) is 0 Å². The van der Waals surface area contributed by atoms with Crippen LogP contribution in [-0.2, 0) is 5.33 Å². The van der Waals surface area contributed by atoms with E-state index in [1.165, 1.54) is 0 Å². The topological polar surface area (TPSA) is 37.3 Å². The van der Waals surface area contributed by atoms with Crippen molar-refractivity contribution in [1.29, 1.82) is 0 Å². The standard InChI is InChI=1S/C8H5BrF2O2/c9-3-5-4(8(12)13)1-2-6(10)7(5)11/h1-2H,3H2,(H,12,13). The van der Waals surface area contributed by atoms with E-state index in [-0.39, 0.29) is 16.5 Å². The van der Waals surface area contributed by atoms with Crippen molar-refractivity contribution in [3.8, 4) is 0 Å². The summed E-state index contributed by atoms with van der Waals surface area (Å²) < 4.78 is 25.6. The summed E-state index contributed by atoms with van der Waals surface area (Å²) in [6.07, 6.45) is 0. The van der Waals surface area contributed by atoms with Gasteiger partial charge in [-0.2, -0.15) is 0 Å². The first-order valence-electron chi connectivity index (χ1n) is 3.34. The second-order valence-corrected chi connectivity index (χ2v) is 2.89. The maximum Gasteiger partial charge on any atom is 0.336 e. The molecule has 1 rings (SSSR count). The van der Waals surface area contributed by atoms with Crippen LogP contribution in [0, 0.1) is 11.6 Å². The number of benzene rings is 1. The van der Waals surface area contributed by atoms with E-state index >= 15 is 0 Å². The lowest BCUT2D eigenvalue weighted by Gasteiger charge is -2.03. The first-order chi connectivity index (χ1) is 6.07. The van der Waals surface area contributed by atoms with Crippen LogP contribution in [0.1, 0.15) is 15.9 Å². The SMILES string of the molecule is O=C(O)c1ccc(F)c(F)c1CBr. The van der Waals surface area contributed by atoms with E-state index in [1.807, 2.05) is 0 Å². The van der Waals surface area contributed by atoms with Gasteiger partial charge in [0.05, 0.1) is 5.56 Å². The number of hydrogen-bond acceptors (Lipinski definition) is 1. The van der Waals surface area contributed by atoms with Crippen molar-refractivity contribution in [2.24, 2.45) is 0 Å². The van der Waals surface area contributed by atoms with Gasteiger partial charge in [-0.15, -0.1) is 0 Å². The molecule has 0 aromatic heterocycles. The molecule has 70 valence electrons. The highest BCUT2D eigenvalue weighted by atomic mass is 79.9. The van der Waals surface area contributed by atoms with Crippen molar-refractivity contribution in [2.45, 2.75) is 5.33 Å². The van der Waals surface area contributed by atoms with Gasteiger partial charge in [0.15, 0.2) is 11.6 Å². The summed E-state index contributed by atoms with van der Waals surface area (Å²) in [6, 6.07) is 1.84. The molecule has 2 nitrogen and oxygen atoms in total. The van der Waals surface area contributed by atoms with Crippen LogP contribution in [-0.4, -0.2) is 11.1 Å². The van der Waals surface area contributed by atoms with Crippen LogP contribution in [0.4, 0.5) is 8.78 Å². The van der Waals surface area contributed by atoms with Crippen molar-refractivity contribution < 1.29 is 18.7 Å². The predicted octanol–water partition coefficient (Wildman–Crippen LogP) is 2.56. The predicted molar refractivity (Wildman–Crippen MR) is 45.9 cm³/mol. The average molecular weight is 251 g/mol. The third kappa shape index (κ3) is 1.85. The Kier molecular flexibility index (Phi) is 2.98. The van der Waals surface area contributed by atoms with Crippen molar-refractivity contribution in [3.63, 3.8) is 0 Å². The third-order valence-electron chi connectivity index (χ3n) is 1.56. The van der Waals surface area contributed by atoms with Crippen LogP contribution in [0.2, 0.25) is 0 Å². The summed E-state index contributed by atoms with van der Waals surface area (Å²) in [7, 11) is 0. The van der Waals surface area contributed by atoms with Crippen LogP contribution in [0.25, 0.3) is 0 Å². The molecule has 0 radical (unpaired) electrons. The molecular weight excluding hydrogens is 246 g/mol. The first kappa shape index (κ1) is 10.1. The Bertz CT molecular complexity index is 352. The maximum absolute atomic E-state index is 13.0. The number of hydrogen-bond donors (Lipinski definition) is 1. The molecular formula is C8H5BrF2O2. The minimum Gasteiger partial charge on any atom is -0.478 e. The van der Waals surface area contributed by atoms with E-state index < -0.39 is 17.6 Å². The zero-order valence-corrected chi connectivity index (χ0v) is 7.94. The van der Waals surface area contributed by atoms with Gasteiger partial charge in [-0.1, -0.05) is 15.9 Å². The number of rotatable bonds is 2. The number of carboxylic acid groups (broad SMARTS) is 1. The lowest BCUT2D eigenvalue weighted by molar-refractivity contribution is 0.0695. The molecule has 1 aromatic carbocycles. The molecule has 1 aromatic rings. The molecule has 0 unspecified atom stereocenters. The molecule has 0 aliphatic rings. The van der Waals surface area contributed by atoms with E-state index in [0.717, 1.165) is 12.1 Å². The van der Waals surface area contributed by atoms with Crippen molar-refractivity contribution >= 4 is 21.9 Å². The number of aromatic carboxylic acids is 1. The van der Waals surface area contributed by atoms with Gasteiger partial charge < -0.3 is 5.11 Å². The van der Waals surface area contributed by atoms with Gasteiger partial charge in [-0.3, -0.25) is 0 Å². The third-order valence-corrected chi connectivity index (χ3v) is 2.12. The van der Waals surface area contributed by atoms with Crippen LogP contribution in [0.15, 0.2) is 12.1 Å². The Morgan fingerprint density at radius 2 is 2.08 bits per heavy atom.